The Morgan fingerprint density at radius 1 is 1.00 bits per heavy atom. The fourth-order valence-corrected chi connectivity index (χ4v) is 5.86. The molecule has 2 aliphatic rings. The van der Waals surface area contributed by atoms with Crippen molar-refractivity contribution in [2.45, 2.75) is 49.7 Å². The summed E-state index contributed by atoms with van der Waals surface area (Å²) in [4.78, 5) is 19.4. The topological polar surface area (TPSA) is 63.9 Å². The maximum atomic E-state index is 13.5. The van der Waals surface area contributed by atoms with Crippen molar-refractivity contribution in [3.8, 4) is 17.1 Å². The average molecular weight is 452 g/mol. The molecular formula is C24H26FN5OS. The lowest BCUT2D eigenvalue weighted by Crippen LogP contribution is -2.50. The first-order valence-corrected chi connectivity index (χ1v) is 12.2. The van der Waals surface area contributed by atoms with E-state index in [0.29, 0.717) is 28.7 Å². The molecule has 6 nitrogen and oxygen atoms in total. The summed E-state index contributed by atoms with van der Waals surface area (Å²) >= 11 is 1.39. The highest BCUT2D eigenvalue weighted by Gasteiger charge is 2.35. The van der Waals surface area contributed by atoms with E-state index in [9.17, 15) is 9.18 Å². The van der Waals surface area contributed by atoms with Crippen molar-refractivity contribution in [1.82, 2.24) is 24.6 Å². The Morgan fingerprint density at radius 2 is 1.75 bits per heavy atom. The minimum Gasteiger partial charge on any atom is -0.339 e. The number of hydrogen-bond donors (Lipinski definition) is 0. The predicted molar refractivity (Wildman–Crippen MR) is 122 cm³/mol. The van der Waals surface area contributed by atoms with Gasteiger partial charge in [-0.25, -0.2) is 4.39 Å². The van der Waals surface area contributed by atoms with Gasteiger partial charge in [0.15, 0.2) is 11.0 Å². The van der Waals surface area contributed by atoms with Gasteiger partial charge >= 0.3 is 0 Å². The van der Waals surface area contributed by atoms with Gasteiger partial charge in [0, 0.05) is 36.2 Å². The highest BCUT2D eigenvalue weighted by Crippen LogP contribution is 2.36. The molecule has 32 heavy (non-hydrogen) atoms. The molecule has 5 rings (SSSR count). The van der Waals surface area contributed by atoms with Crippen LogP contribution in [-0.4, -0.2) is 48.9 Å². The van der Waals surface area contributed by atoms with Crippen molar-refractivity contribution in [3.05, 3.63) is 54.6 Å². The van der Waals surface area contributed by atoms with Crippen LogP contribution in [0.3, 0.4) is 0 Å². The molecule has 0 bridgehead atoms. The number of carbonyl (C=O) groups is 1. The smallest absolute Gasteiger partial charge is 0.233 e. The Bertz CT molecular complexity index is 1070. The largest absolute Gasteiger partial charge is 0.339 e. The van der Waals surface area contributed by atoms with Crippen LogP contribution in [0.1, 0.15) is 38.5 Å². The van der Waals surface area contributed by atoms with Crippen molar-refractivity contribution in [2.75, 3.05) is 12.3 Å². The molecule has 166 valence electrons. The lowest BCUT2D eigenvalue weighted by Gasteiger charge is -2.44. The number of thioether (sulfide) groups is 1. The predicted octanol–water partition coefficient (Wildman–Crippen LogP) is 4.74. The fourth-order valence-electron chi connectivity index (χ4n) is 5.02. The Hall–Kier alpha value is -2.74. The van der Waals surface area contributed by atoms with E-state index in [1.807, 2.05) is 16.7 Å². The van der Waals surface area contributed by atoms with E-state index in [4.69, 9.17) is 0 Å². The molecular weight excluding hydrogens is 425 g/mol. The lowest BCUT2D eigenvalue weighted by atomic mass is 9.78. The molecule has 1 aliphatic heterocycles. The van der Waals surface area contributed by atoms with Gasteiger partial charge in [0.1, 0.15) is 5.82 Å². The number of amides is 1. The molecule has 3 aromatic rings. The molecule has 2 unspecified atom stereocenters. The zero-order valence-electron chi connectivity index (χ0n) is 17.9. The third-order valence-electron chi connectivity index (χ3n) is 6.55. The van der Waals surface area contributed by atoms with Crippen LogP contribution in [-0.2, 0) is 4.79 Å². The number of nitrogens with zero attached hydrogens (tertiary/aromatic N) is 5. The average Bonchev–Trinajstić information content (AvgIpc) is 3.27. The van der Waals surface area contributed by atoms with Crippen LogP contribution in [0.25, 0.3) is 17.1 Å². The highest BCUT2D eigenvalue weighted by atomic mass is 32.2. The van der Waals surface area contributed by atoms with Gasteiger partial charge in [-0.3, -0.25) is 14.3 Å². The summed E-state index contributed by atoms with van der Waals surface area (Å²) in [5.41, 5.74) is 1.61. The number of piperidine rings is 1. The molecule has 0 radical (unpaired) electrons. The standard InChI is InChI=1S/C24H26FN5OS/c25-19-7-9-20(10-8-19)30-23(18-11-13-26-14-12-18)27-28-24(30)32-16-22(31)29-15-3-5-17-4-1-2-6-21(17)29/h7-14,17,21H,1-6,15-16H2. The molecule has 8 heteroatoms. The first-order valence-electron chi connectivity index (χ1n) is 11.2. The minimum atomic E-state index is -0.302. The maximum absolute atomic E-state index is 13.5. The molecule has 0 N–H and O–H groups in total. The minimum absolute atomic E-state index is 0.172. The monoisotopic (exact) mass is 451 g/mol. The van der Waals surface area contributed by atoms with E-state index in [1.165, 1.54) is 49.6 Å². The number of rotatable bonds is 5. The molecule has 1 aromatic carbocycles. The van der Waals surface area contributed by atoms with E-state index in [2.05, 4.69) is 20.1 Å². The second kappa shape index (κ2) is 9.40. The van der Waals surface area contributed by atoms with Crippen molar-refractivity contribution in [3.63, 3.8) is 0 Å². The number of carbonyl (C=O) groups excluding carboxylic acids is 1. The van der Waals surface area contributed by atoms with Crippen LogP contribution < -0.4 is 0 Å². The van der Waals surface area contributed by atoms with Crippen LogP contribution in [0.5, 0.6) is 0 Å². The third kappa shape index (κ3) is 4.28. The summed E-state index contributed by atoms with van der Waals surface area (Å²) < 4.78 is 15.4. The summed E-state index contributed by atoms with van der Waals surface area (Å²) in [6.45, 7) is 0.855. The molecule has 1 amide bonds. The van der Waals surface area contributed by atoms with Gasteiger partial charge < -0.3 is 4.90 Å². The quantitative estimate of drug-likeness (QED) is 0.524. The summed E-state index contributed by atoms with van der Waals surface area (Å²) in [6.07, 6.45) is 10.6. The van der Waals surface area contributed by atoms with E-state index >= 15 is 0 Å². The van der Waals surface area contributed by atoms with E-state index in [1.54, 1.807) is 24.5 Å². The lowest BCUT2D eigenvalue weighted by molar-refractivity contribution is -0.134. The van der Waals surface area contributed by atoms with Crippen LogP contribution in [0.4, 0.5) is 4.39 Å². The maximum Gasteiger partial charge on any atom is 0.233 e. The number of fused-ring (bicyclic) bond motifs is 1. The Kier molecular flexibility index (Phi) is 6.21. The normalized spacial score (nSPS) is 20.7. The van der Waals surface area contributed by atoms with Crippen LogP contribution >= 0.6 is 11.8 Å². The van der Waals surface area contributed by atoms with Gasteiger partial charge in [-0.15, -0.1) is 10.2 Å². The summed E-state index contributed by atoms with van der Waals surface area (Å²) in [5.74, 6) is 1.49. The number of halogens is 1. The number of likely N-dealkylation sites (tertiary alicyclic amines) is 1. The molecule has 2 aromatic heterocycles. The molecule has 3 heterocycles. The first kappa shape index (κ1) is 21.1. The van der Waals surface area contributed by atoms with Gasteiger partial charge in [-0.05, 0) is 68.0 Å². The van der Waals surface area contributed by atoms with Gasteiger partial charge in [0.2, 0.25) is 5.91 Å². The van der Waals surface area contributed by atoms with Crippen LogP contribution in [0, 0.1) is 11.7 Å². The summed E-state index contributed by atoms with van der Waals surface area (Å²) in [7, 11) is 0. The summed E-state index contributed by atoms with van der Waals surface area (Å²) in [6, 6.07) is 10.4. The fraction of sp³-hybridized carbons (Fsp3) is 0.417. The second-order valence-corrected chi connectivity index (χ2v) is 9.43. The molecule has 1 aliphatic carbocycles. The van der Waals surface area contributed by atoms with Crippen LogP contribution in [0.2, 0.25) is 0 Å². The molecule has 1 saturated heterocycles. The van der Waals surface area contributed by atoms with Gasteiger partial charge in [-0.1, -0.05) is 24.6 Å². The zero-order valence-corrected chi connectivity index (χ0v) is 18.7. The van der Waals surface area contributed by atoms with Crippen molar-refractivity contribution in [1.29, 1.82) is 0 Å². The van der Waals surface area contributed by atoms with Gasteiger partial charge in [0.05, 0.1) is 5.75 Å². The number of benzene rings is 1. The van der Waals surface area contributed by atoms with Gasteiger partial charge in [-0.2, -0.15) is 0 Å². The molecule has 2 atom stereocenters. The SMILES string of the molecule is O=C(CSc1nnc(-c2ccncc2)n1-c1ccc(F)cc1)N1CCCC2CCCCC21. The first-order chi connectivity index (χ1) is 15.7. The van der Waals surface area contributed by atoms with E-state index in [0.717, 1.165) is 30.6 Å². The Morgan fingerprint density at radius 3 is 2.56 bits per heavy atom. The molecule has 2 fully saturated rings. The second-order valence-electron chi connectivity index (χ2n) is 8.48. The van der Waals surface area contributed by atoms with Crippen molar-refractivity contribution in [2.24, 2.45) is 5.92 Å². The van der Waals surface area contributed by atoms with Gasteiger partial charge in [0.25, 0.3) is 0 Å². The molecule has 1 saturated carbocycles. The van der Waals surface area contributed by atoms with Crippen LogP contribution in [0.15, 0.2) is 53.9 Å². The van der Waals surface area contributed by atoms with E-state index in [-0.39, 0.29) is 11.7 Å². The number of hydrogen-bond acceptors (Lipinski definition) is 5. The zero-order chi connectivity index (χ0) is 21.9. The molecule has 0 spiro atoms. The number of pyridine rings is 1. The van der Waals surface area contributed by atoms with E-state index < -0.39 is 0 Å². The Labute approximate surface area is 191 Å². The highest BCUT2D eigenvalue weighted by molar-refractivity contribution is 7.99. The van der Waals surface area contributed by atoms with Crippen molar-refractivity contribution >= 4 is 17.7 Å². The number of aromatic nitrogens is 4. The Balaban J connectivity index is 1.39. The van der Waals surface area contributed by atoms with Crippen molar-refractivity contribution < 1.29 is 9.18 Å². The summed E-state index contributed by atoms with van der Waals surface area (Å²) in [5, 5.41) is 9.39. The third-order valence-corrected chi connectivity index (χ3v) is 7.46.